The summed E-state index contributed by atoms with van der Waals surface area (Å²) in [5, 5.41) is 12.1. The van der Waals surface area contributed by atoms with Gasteiger partial charge in [0.25, 0.3) is 0 Å². The lowest BCUT2D eigenvalue weighted by Gasteiger charge is -2.16. The van der Waals surface area contributed by atoms with Crippen molar-refractivity contribution >= 4 is 34.9 Å². The lowest BCUT2D eigenvalue weighted by Crippen LogP contribution is -2.22. The summed E-state index contributed by atoms with van der Waals surface area (Å²) < 4.78 is 0. The zero-order valence-corrected chi connectivity index (χ0v) is 13.8. The van der Waals surface area contributed by atoms with Crippen molar-refractivity contribution in [3.05, 3.63) is 46.1 Å². The molecular formula is C15H13Cl2N5O. The Kier molecular flexibility index (Phi) is 5.85. The number of nitrogens with zero attached hydrogens (tertiary/aromatic N) is 4. The number of carbonyl (C=O) groups is 1. The van der Waals surface area contributed by atoms with Crippen LogP contribution >= 0.6 is 23.2 Å². The van der Waals surface area contributed by atoms with Crippen LogP contribution in [0.4, 0.5) is 5.82 Å². The number of hydrogen-bond donors (Lipinski definition) is 1. The van der Waals surface area contributed by atoms with Crippen LogP contribution in [0, 0.1) is 11.3 Å². The van der Waals surface area contributed by atoms with E-state index < -0.39 is 5.92 Å². The normalized spacial score (nSPS) is 11.6. The van der Waals surface area contributed by atoms with Crippen LogP contribution in [-0.4, -0.2) is 20.9 Å². The summed E-state index contributed by atoms with van der Waals surface area (Å²) in [5.41, 5.74) is 0.872. The van der Waals surface area contributed by atoms with Crippen molar-refractivity contribution in [1.29, 1.82) is 5.26 Å². The van der Waals surface area contributed by atoms with E-state index in [0.717, 1.165) is 6.42 Å². The van der Waals surface area contributed by atoms with Crippen molar-refractivity contribution < 1.29 is 4.79 Å². The molecular weight excluding hydrogens is 337 g/mol. The average Bonchev–Trinajstić information content (AvgIpc) is 2.55. The van der Waals surface area contributed by atoms with Crippen molar-refractivity contribution in [2.24, 2.45) is 0 Å². The molecule has 0 radical (unpaired) electrons. The van der Waals surface area contributed by atoms with Crippen molar-refractivity contribution in [2.75, 3.05) is 5.32 Å². The molecule has 0 aliphatic heterocycles. The van der Waals surface area contributed by atoms with Gasteiger partial charge in [-0.2, -0.15) is 5.26 Å². The quantitative estimate of drug-likeness (QED) is 0.833. The minimum absolute atomic E-state index is 0.121. The highest BCUT2D eigenvalue weighted by molar-refractivity contribution is 6.30. The first-order valence-corrected chi connectivity index (χ1v) is 7.64. The molecule has 0 aliphatic rings. The Morgan fingerprint density at radius 2 is 2.09 bits per heavy atom. The van der Waals surface area contributed by atoms with Gasteiger partial charge in [0.05, 0.1) is 23.9 Å². The van der Waals surface area contributed by atoms with E-state index in [1.54, 1.807) is 6.07 Å². The lowest BCUT2D eigenvalue weighted by atomic mass is 9.94. The van der Waals surface area contributed by atoms with Crippen LogP contribution < -0.4 is 5.32 Å². The number of nitrogens with one attached hydrogen (secondary N) is 1. The molecule has 0 fully saturated rings. The largest absolute Gasteiger partial charge is 0.309 e. The van der Waals surface area contributed by atoms with Crippen molar-refractivity contribution in [2.45, 2.75) is 25.7 Å². The molecule has 0 aromatic carbocycles. The van der Waals surface area contributed by atoms with Gasteiger partial charge in [-0.25, -0.2) is 15.0 Å². The summed E-state index contributed by atoms with van der Waals surface area (Å²) in [7, 11) is 0. The number of rotatable bonds is 5. The molecule has 1 unspecified atom stereocenters. The molecule has 6 nitrogen and oxygen atoms in total. The molecule has 1 atom stereocenters. The standard InChI is InChI=1S/C15H13Cl2N5O/c1-2-3-11(10-4-9(5-18)14(17)21-6-10)15(23)22-13-8-19-12(16)7-20-13/h4,6-8,11H,2-3H2,1H3,(H,20,22,23). The summed E-state index contributed by atoms with van der Waals surface area (Å²) in [5.74, 6) is -0.409. The van der Waals surface area contributed by atoms with Gasteiger partial charge in [0.2, 0.25) is 5.91 Å². The maximum Gasteiger partial charge on any atom is 0.233 e. The maximum absolute atomic E-state index is 12.5. The second kappa shape index (κ2) is 7.86. The summed E-state index contributed by atoms with van der Waals surface area (Å²) in [6, 6.07) is 3.55. The second-order valence-corrected chi connectivity index (χ2v) is 5.52. The molecule has 2 aromatic heterocycles. The Bertz CT molecular complexity index is 743. The molecule has 8 heteroatoms. The lowest BCUT2D eigenvalue weighted by molar-refractivity contribution is -0.117. The number of amides is 1. The third-order valence-electron chi connectivity index (χ3n) is 3.15. The molecule has 118 valence electrons. The van der Waals surface area contributed by atoms with Crippen LogP contribution in [0.3, 0.4) is 0 Å². The van der Waals surface area contributed by atoms with Gasteiger partial charge in [0.15, 0.2) is 5.82 Å². The third kappa shape index (κ3) is 4.38. The van der Waals surface area contributed by atoms with Gasteiger partial charge in [0, 0.05) is 6.20 Å². The van der Waals surface area contributed by atoms with E-state index in [2.05, 4.69) is 20.3 Å². The fourth-order valence-electron chi connectivity index (χ4n) is 2.06. The number of anilines is 1. The number of hydrogen-bond acceptors (Lipinski definition) is 5. The summed E-state index contributed by atoms with van der Waals surface area (Å²) in [6.07, 6.45) is 5.63. The number of aromatic nitrogens is 3. The first-order valence-electron chi connectivity index (χ1n) is 6.89. The van der Waals surface area contributed by atoms with Crippen LogP contribution in [0.2, 0.25) is 10.3 Å². The Morgan fingerprint density at radius 3 is 2.70 bits per heavy atom. The molecule has 0 aliphatic carbocycles. The van der Waals surface area contributed by atoms with Gasteiger partial charge in [-0.05, 0) is 18.1 Å². The Labute approximate surface area is 143 Å². The minimum Gasteiger partial charge on any atom is -0.309 e. The van der Waals surface area contributed by atoms with E-state index in [9.17, 15) is 4.79 Å². The van der Waals surface area contributed by atoms with E-state index in [1.807, 2.05) is 13.0 Å². The zero-order valence-electron chi connectivity index (χ0n) is 12.3. The topological polar surface area (TPSA) is 91.6 Å². The second-order valence-electron chi connectivity index (χ2n) is 4.77. The smallest absolute Gasteiger partial charge is 0.233 e. The Morgan fingerprint density at radius 1 is 1.30 bits per heavy atom. The number of halogens is 2. The van der Waals surface area contributed by atoms with Crippen LogP contribution in [0.15, 0.2) is 24.7 Å². The van der Waals surface area contributed by atoms with E-state index in [1.165, 1.54) is 18.6 Å². The first-order chi connectivity index (χ1) is 11.0. The Balaban J connectivity index is 2.25. The van der Waals surface area contributed by atoms with E-state index in [0.29, 0.717) is 17.8 Å². The number of nitriles is 1. The Hall–Kier alpha value is -2.23. The number of carbonyl (C=O) groups excluding carboxylic acids is 1. The first kappa shape index (κ1) is 17.1. The molecule has 1 amide bonds. The maximum atomic E-state index is 12.5. The average molecular weight is 350 g/mol. The summed E-state index contributed by atoms with van der Waals surface area (Å²) in [6.45, 7) is 1.97. The molecule has 0 spiro atoms. The molecule has 2 aromatic rings. The predicted octanol–water partition coefficient (Wildman–Crippen LogP) is 3.57. The van der Waals surface area contributed by atoms with Gasteiger partial charge < -0.3 is 5.32 Å². The molecule has 2 rings (SSSR count). The van der Waals surface area contributed by atoms with Crippen LogP contribution in [-0.2, 0) is 4.79 Å². The minimum atomic E-state index is -0.464. The highest BCUT2D eigenvalue weighted by Crippen LogP contribution is 2.25. The van der Waals surface area contributed by atoms with Crippen molar-refractivity contribution in [3.8, 4) is 6.07 Å². The molecule has 2 heterocycles. The van der Waals surface area contributed by atoms with Gasteiger partial charge in [-0.3, -0.25) is 4.79 Å². The predicted molar refractivity (Wildman–Crippen MR) is 87.3 cm³/mol. The van der Waals surface area contributed by atoms with Crippen molar-refractivity contribution in [3.63, 3.8) is 0 Å². The van der Waals surface area contributed by atoms with Crippen LogP contribution in [0.1, 0.15) is 36.8 Å². The summed E-state index contributed by atoms with van der Waals surface area (Å²) >= 11 is 11.5. The fourth-order valence-corrected chi connectivity index (χ4v) is 2.30. The van der Waals surface area contributed by atoms with E-state index in [4.69, 9.17) is 28.5 Å². The fraction of sp³-hybridized carbons (Fsp3) is 0.267. The van der Waals surface area contributed by atoms with Gasteiger partial charge in [-0.1, -0.05) is 36.5 Å². The van der Waals surface area contributed by atoms with Gasteiger partial charge in [0.1, 0.15) is 16.4 Å². The molecule has 0 saturated carbocycles. The molecule has 0 saturated heterocycles. The zero-order chi connectivity index (χ0) is 16.8. The van der Waals surface area contributed by atoms with Crippen LogP contribution in [0.25, 0.3) is 0 Å². The highest BCUT2D eigenvalue weighted by atomic mass is 35.5. The molecule has 0 bridgehead atoms. The molecule has 23 heavy (non-hydrogen) atoms. The van der Waals surface area contributed by atoms with E-state index in [-0.39, 0.29) is 21.8 Å². The van der Waals surface area contributed by atoms with Gasteiger partial charge >= 0.3 is 0 Å². The monoisotopic (exact) mass is 349 g/mol. The highest BCUT2D eigenvalue weighted by Gasteiger charge is 2.22. The van der Waals surface area contributed by atoms with E-state index >= 15 is 0 Å². The van der Waals surface area contributed by atoms with Crippen molar-refractivity contribution in [1.82, 2.24) is 15.0 Å². The SMILES string of the molecule is CCCC(C(=O)Nc1cnc(Cl)cn1)c1cnc(Cl)c(C#N)c1. The summed E-state index contributed by atoms with van der Waals surface area (Å²) in [4.78, 5) is 24.3. The number of pyridine rings is 1. The molecule has 1 N–H and O–H groups in total. The third-order valence-corrected chi connectivity index (χ3v) is 3.64. The van der Waals surface area contributed by atoms with Crippen LogP contribution in [0.5, 0.6) is 0 Å². The van der Waals surface area contributed by atoms with Gasteiger partial charge in [-0.15, -0.1) is 0 Å².